The molecule has 0 saturated heterocycles. The molecule has 6 heteroatoms. The van der Waals surface area contributed by atoms with E-state index in [2.05, 4.69) is 5.32 Å². The Labute approximate surface area is 120 Å². The number of nitrogens with zero attached hydrogens (tertiary/aromatic N) is 1. The lowest BCUT2D eigenvalue weighted by Crippen LogP contribution is -2.19. The van der Waals surface area contributed by atoms with Crippen LogP contribution in [0.2, 0.25) is 0 Å². The Morgan fingerprint density at radius 2 is 1.90 bits per heavy atom. The summed E-state index contributed by atoms with van der Waals surface area (Å²) in [6, 6.07) is 9.17. The number of nitro groups is 1. The van der Waals surface area contributed by atoms with Gasteiger partial charge in [0, 0.05) is 24.2 Å². The standard InChI is InChI=1S/C15H14F2N2O2/c1-10(11-3-2-4-13(16)7-11)18-9-12-8-14(17)5-6-15(12)19(20)21/h2-8,10,18H,9H2,1H3. The highest BCUT2D eigenvalue weighted by atomic mass is 19.1. The summed E-state index contributed by atoms with van der Waals surface area (Å²) in [5, 5.41) is 13.9. The molecule has 2 aromatic rings. The van der Waals surface area contributed by atoms with Crippen molar-refractivity contribution >= 4 is 5.69 Å². The Hall–Kier alpha value is -2.34. The summed E-state index contributed by atoms with van der Waals surface area (Å²) in [4.78, 5) is 10.3. The summed E-state index contributed by atoms with van der Waals surface area (Å²) in [7, 11) is 0. The van der Waals surface area contributed by atoms with Crippen LogP contribution in [-0.4, -0.2) is 4.92 Å². The Morgan fingerprint density at radius 3 is 2.57 bits per heavy atom. The molecule has 0 aliphatic heterocycles. The number of halogens is 2. The first kappa shape index (κ1) is 15.1. The molecule has 1 unspecified atom stereocenters. The topological polar surface area (TPSA) is 55.2 Å². The third-order valence-corrected chi connectivity index (χ3v) is 3.19. The smallest absolute Gasteiger partial charge is 0.274 e. The molecule has 0 bridgehead atoms. The number of benzene rings is 2. The molecule has 2 aromatic carbocycles. The summed E-state index contributed by atoms with van der Waals surface area (Å²) in [6.07, 6.45) is 0. The van der Waals surface area contributed by atoms with Gasteiger partial charge < -0.3 is 5.32 Å². The molecule has 0 aliphatic rings. The fourth-order valence-electron chi connectivity index (χ4n) is 2.03. The second kappa shape index (κ2) is 6.41. The molecule has 21 heavy (non-hydrogen) atoms. The summed E-state index contributed by atoms with van der Waals surface area (Å²) in [5.41, 5.74) is 0.827. The summed E-state index contributed by atoms with van der Waals surface area (Å²) < 4.78 is 26.4. The van der Waals surface area contributed by atoms with Crippen LogP contribution in [0.25, 0.3) is 0 Å². The fourth-order valence-corrected chi connectivity index (χ4v) is 2.03. The van der Waals surface area contributed by atoms with Crippen molar-refractivity contribution in [2.75, 3.05) is 0 Å². The first-order valence-electron chi connectivity index (χ1n) is 6.39. The van der Waals surface area contributed by atoms with Crippen molar-refractivity contribution in [3.8, 4) is 0 Å². The highest BCUT2D eigenvalue weighted by Gasteiger charge is 2.15. The lowest BCUT2D eigenvalue weighted by Gasteiger charge is -2.14. The van der Waals surface area contributed by atoms with E-state index in [-0.39, 0.29) is 29.7 Å². The van der Waals surface area contributed by atoms with Crippen molar-refractivity contribution in [2.45, 2.75) is 19.5 Å². The Balaban J connectivity index is 2.12. The van der Waals surface area contributed by atoms with Crippen LogP contribution >= 0.6 is 0 Å². The molecule has 0 spiro atoms. The highest BCUT2D eigenvalue weighted by molar-refractivity contribution is 5.40. The third-order valence-electron chi connectivity index (χ3n) is 3.19. The van der Waals surface area contributed by atoms with Crippen LogP contribution in [0.4, 0.5) is 14.5 Å². The van der Waals surface area contributed by atoms with E-state index >= 15 is 0 Å². The normalized spacial score (nSPS) is 12.1. The maximum Gasteiger partial charge on any atom is 0.274 e. The number of hydrogen-bond donors (Lipinski definition) is 1. The third kappa shape index (κ3) is 3.82. The van der Waals surface area contributed by atoms with Gasteiger partial charge in [-0.25, -0.2) is 8.78 Å². The lowest BCUT2D eigenvalue weighted by atomic mass is 10.1. The largest absolute Gasteiger partial charge is 0.306 e. The number of rotatable bonds is 5. The molecule has 0 aliphatic carbocycles. The molecule has 110 valence electrons. The van der Waals surface area contributed by atoms with Gasteiger partial charge in [-0.2, -0.15) is 0 Å². The minimum absolute atomic E-state index is 0.117. The minimum atomic E-state index is -0.552. The van der Waals surface area contributed by atoms with Gasteiger partial charge >= 0.3 is 0 Å². The van der Waals surface area contributed by atoms with E-state index in [1.807, 2.05) is 0 Å². The molecule has 0 heterocycles. The number of hydrogen-bond acceptors (Lipinski definition) is 3. The second-order valence-corrected chi connectivity index (χ2v) is 4.69. The van der Waals surface area contributed by atoms with Gasteiger partial charge in [-0.3, -0.25) is 10.1 Å². The Bertz CT molecular complexity index is 662. The van der Waals surface area contributed by atoms with Crippen LogP contribution < -0.4 is 5.32 Å². The predicted octanol–water partition coefficient (Wildman–Crippen LogP) is 3.72. The van der Waals surface area contributed by atoms with Gasteiger partial charge in [0.15, 0.2) is 0 Å². The van der Waals surface area contributed by atoms with Crippen LogP contribution in [0.15, 0.2) is 42.5 Å². The van der Waals surface area contributed by atoms with E-state index in [4.69, 9.17) is 0 Å². The molecule has 0 aromatic heterocycles. The zero-order valence-electron chi connectivity index (χ0n) is 11.3. The Kier molecular flexibility index (Phi) is 4.59. The van der Waals surface area contributed by atoms with E-state index in [0.29, 0.717) is 5.56 Å². The molecule has 0 fully saturated rings. The van der Waals surface area contributed by atoms with E-state index in [9.17, 15) is 18.9 Å². The van der Waals surface area contributed by atoms with Crippen molar-refractivity contribution in [3.63, 3.8) is 0 Å². The maximum absolute atomic E-state index is 13.2. The first-order chi connectivity index (χ1) is 9.97. The molecule has 1 N–H and O–H groups in total. The molecule has 0 radical (unpaired) electrons. The molecule has 0 amide bonds. The quantitative estimate of drug-likeness (QED) is 0.675. The van der Waals surface area contributed by atoms with Crippen LogP contribution in [0.1, 0.15) is 24.1 Å². The van der Waals surface area contributed by atoms with Gasteiger partial charge in [-0.15, -0.1) is 0 Å². The summed E-state index contributed by atoms with van der Waals surface area (Å²) >= 11 is 0. The molecule has 0 saturated carbocycles. The van der Waals surface area contributed by atoms with E-state index in [1.165, 1.54) is 12.1 Å². The average Bonchev–Trinajstić information content (AvgIpc) is 2.44. The van der Waals surface area contributed by atoms with Crippen molar-refractivity contribution in [3.05, 3.63) is 75.3 Å². The van der Waals surface area contributed by atoms with Gasteiger partial charge in [0.1, 0.15) is 11.6 Å². The van der Waals surface area contributed by atoms with Crippen molar-refractivity contribution in [1.29, 1.82) is 0 Å². The van der Waals surface area contributed by atoms with Gasteiger partial charge in [0.25, 0.3) is 5.69 Å². The van der Waals surface area contributed by atoms with Gasteiger partial charge in [-0.05, 0) is 36.8 Å². The van der Waals surface area contributed by atoms with Gasteiger partial charge in [0.05, 0.1) is 4.92 Å². The lowest BCUT2D eigenvalue weighted by molar-refractivity contribution is -0.385. The zero-order chi connectivity index (χ0) is 15.4. The minimum Gasteiger partial charge on any atom is -0.306 e. The molecular formula is C15H14F2N2O2. The fraction of sp³-hybridized carbons (Fsp3) is 0.200. The maximum atomic E-state index is 13.2. The molecular weight excluding hydrogens is 278 g/mol. The van der Waals surface area contributed by atoms with Crippen LogP contribution in [0.3, 0.4) is 0 Å². The predicted molar refractivity (Wildman–Crippen MR) is 74.7 cm³/mol. The van der Waals surface area contributed by atoms with Crippen molar-refractivity contribution < 1.29 is 13.7 Å². The molecule has 2 rings (SSSR count). The molecule has 1 atom stereocenters. The van der Waals surface area contributed by atoms with E-state index in [0.717, 1.165) is 18.2 Å². The molecule has 4 nitrogen and oxygen atoms in total. The Morgan fingerprint density at radius 1 is 1.19 bits per heavy atom. The van der Waals surface area contributed by atoms with Gasteiger partial charge in [0.2, 0.25) is 0 Å². The second-order valence-electron chi connectivity index (χ2n) is 4.69. The monoisotopic (exact) mass is 292 g/mol. The summed E-state index contributed by atoms with van der Waals surface area (Å²) in [6.45, 7) is 1.92. The van der Waals surface area contributed by atoms with Crippen molar-refractivity contribution in [2.24, 2.45) is 0 Å². The summed E-state index contributed by atoms with van der Waals surface area (Å²) in [5.74, 6) is -0.881. The number of nitrogens with one attached hydrogen (secondary N) is 1. The zero-order valence-corrected chi connectivity index (χ0v) is 11.3. The van der Waals surface area contributed by atoms with Crippen molar-refractivity contribution in [1.82, 2.24) is 5.32 Å². The van der Waals surface area contributed by atoms with Gasteiger partial charge in [-0.1, -0.05) is 12.1 Å². The van der Waals surface area contributed by atoms with E-state index < -0.39 is 10.7 Å². The van der Waals surface area contributed by atoms with Crippen LogP contribution in [0, 0.1) is 21.7 Å². The number of nitro benzene ring substituents is 1. The first-order valence-corrected chi connectivity index (χ1v) is 6.39. The van der Waals surface area contributed by atoms with Crippen LogP contribution in [-0.2, 0) is 6.54 Å². The van der Waals surface area contributed by atoms with E-state index in [1.54, 1.807) is 19.1 Å². The highest BCUT2D eigenvalue weighted by Crippen LogP contribution is 2.21. The SMILES string of the molecule is CC(NCc1cc(F)ccc1[N+](=O)[O-])c1cccc(F)c1. The van der Waals surface area contributed by atoms with Crippen LogP contribution in [0.5, 0.6) is 0 Å². The average molecular weight is 292 g/mol.